The fraction of sp³-hybridized carbons (Fsp3) is 0.200. The normalized spacial score (nSPS) is 17.4. The molecule has 0 unspecified atom stereocenters. The van der Waals surface area contributed by atoms with Crippen molar-refractivity contribution in [2.45, 2.75) is 17.4 Å². The van der Waals surface area contributed by atoms with E-state index in [-0.39, 0.29) is 23.9 Å². The number of nitrogens with zero attached hydrogens (tertiary/aromatic N) is 2. The molecular formula is C25H24N4O4S. The summed E-state index contributed by atoms with van der Waals surface area (Å²) in [6.07, 6.45) is 0.550. The van der Waals surface area contributed by atoms with E-state index in [0.29, 0.717) is 18.7 Å². The van der Waals surface area contributed by atoms with Crippen molar-refractivity contribution in [3.05, 3.63) is 90.0 Å². The number of nitrogens with one attached hydrogen (secondary N) is 2. The first-order chi connectivity index (χ1) is 16.4. The van der Waals surface area contributed by atoms with E-state index in [4.69, 9.17) is 0 Å². The first kappa shape index (κ1) is 22.0. The van der Waals surface area contributed by atoms with E-state index in [2.05, 4.69) is 10.6 Å². The molecule has 2 N–H and O–H groups in total. The lowest BCUT2D eigenvalue weighted by Gasteiger charge is -2.19. The third kappa shape index (κ3) is 4.10. The zero-order chi connectivity index (χ0) is 23.7. The van der Waals surface area contributed by atoms with Gasteiger partial charge in [0.15, 0.2) is 0 Å². The fourth-order valence-electron chi connectivity index (χ4n) is 4.35. The predicted molar refractivity (Wildman–Crippen MR) is 129 cm³/mol. The van der Waals surface area contributed by atoms with Gasteiger partial charge in [0.1, 0.15) is 0 Å². The van der Waals surface area contributed by atoms with Gasteiger partial charge in [0.05, 0.1) is 24.0 Å². The van der Waals surface area contributed by atoms with Gasteiger partial charge in [0.25, 0.3) is 10.0 Å². The van der Waals surface area contributed by atoms with E-state index in [1.807, 2.05) is 60.7 Å². The third-order valence-corrected chi connectivity index (χ3v) is 7.87. The lowest BCUT2D eigenvalue weighted by molar-refractivity contribution is -0.116. The highest BCUT2D eigenvalue weighted by molar-refractivity contribution is 7.89. The number of carbonyl (C=O) groups excluding carboxylic acids is 2. The molecule has 9 heteroatoms. The molecule has 0 radical (unpaired) electrons. The first-order valence-electron chi connectivity index (χ1n) is 11.0. The van der Waals surface area contributed by atoms with E-state index in [1.165, 1.54) is 6.07 Å². The monoisotopic (exact) mass is 476 g/mol. The Labute approximate surface area is 198 Å². The fourth-order valence-corrected chi connectivity index (χ4v) is 5.75. The summed E-state index contributed by atoms with van der Waals surface area (Å²) >= 11 is 0. The molecule has 34 heavy (non-hydrogen) atoms. The predicted octanol–water partition coefficient (Wildman–Crippen LogP) is 3.14. The molecule has 0 bridgehead atoms. The van der Waals surface area contributed by atoms with Crippen molar-refractivity contribution < 1.29 is 18.0 Å². The molecule has 0 spiro atoms. The van der Waals surface area contributed by atoms with Crippen LogP contribution in [-0.4, -0.2) is 44.3 Å². The molecule has 2 aliphatic rings. The third-order valence-electron chi connectivity index (χ3n) is 6.13. The Morgan fingerprint density at radius 3 is 2.44 bits per heavy atom. The van der Waals surface area contributed by atoms with E-state index >= 15 is 0 Å². The summed E-state index contributed by atoms with van der Waals surface area (Å²) in [5.41, 5.74) is 3.18. The van der Waals surface area contributed by atoms with Crippen LogP contribution in [0, 0.1) is 0 Å². The zero-order valence-electron chi connectivity index (χ0n) is 18.3. The molecule has 174 valence electrons. The van der Waals surface area contributed by atoms with Gasteiger partial charge in [-0.05, 0) is 47.9 Å². The smallest absolute Gasteiger partial charge is 0.331 e. The van der Waals surface area contributed by atoms with Crippen LogP contribution in [-0.2, 0) is 21.2 Å². The topological polar surface area (TPSA) is 98.8 Å². The lowest BCUT2D eigenvalue weighted by atomic mass is 10.1. The number of benzene rings is 3. The average Bonchev–Trinajstić information content (AvgIpc) is 3.47. The summed E-state index contributed by atoms with van der Waals surface area (Å²) in [6, 6.07) is 22.4. The molecule has 5 rings (SSSR count). The Balaban J connectivity index is 1.31. The van der Waals surface area contributed by atoms with Crippen LogP contribution in [0.3, 0.4) is 0 Å². The Hall–Kier alpha value is -3.85. The Kier molecular flexibility index (Phi) is 5.70. The molecule has 1 saturated heterocycles. The minimum atomic E-state index is -4.03. The van der Waals surface area contributed by atoms with Crippen LogP contribution >= 0.6 is 0 Å². The van der Waals surface area contributed by atoms with Crippen molar-refractivity contribution in [3.8, 4) is 0 Å². The maximum absolute atomic E-state index is 13.3. The van der Waals surface area contributed by atoms with Crippen LogP contribution in [0.4, 0.5) is 16.2 Å². The highest BCUT2D eigenvalue weighted by Crippen LogP contribution is 2.33. The number of fused-ring (bicyclic) bond motifs is 1. The van der Waals surface area contributed by atoms with Gasteiger partial charge in [-0.1, -0.05) is 48.5 Å². The standard InChI is InChI=1S/C25H24N4O4S/c30-24(16-26-20-9-5-2-6-10-20)28-14-13-19-15-21(11-12-23(19)28)34(32,33)29-17-22(27-25(29)31)18-7-3-1-4-8-18/h1-12,15,22,26H,13-14,16-17H2,(H,27,31)/t22-/m1/s1. The lowest BCUT2D eigenvalue weighted by Crippen LogP contribution is -2.34. The van der Waals surface area contributed by atoms with Crippen LogP contribution in [0.25, 0.3) is 0 Å². The van der Waals surface area contributed by atoms with Crippen molar-refractivity contribution in [3.63, 3.8) is 0 Å². The highest BCUT2D eigenvalue weighted by atomic mass is 32.2. The molecule has 0 aliphatic carbocycles. The van der Waals surface area contributed by atoms with Gasteiger partial charge in [-0.2, -0.15) is 0 Å². The van der Waals surface area contributed by atoms with Crippen LogP contribution < -0.4 is 15.5 Å². The number of rotatable bonds is 6. The number of sulfonamides is 1. The summed E-state index contributed by atoms with van der Waals surface area (Å²) in [5, 5.41) is 5.86. The number of carbonyl (C=O) groups is 2. The molecule has 2 aliphatic heterocycles. The van der Waals surface area contributed by atoms with Gasteiger partial charge >= 0.3 is 6.03 Å². The number of urea groups is 1. The van der Waals surface area contributed by atoms with Crippen molar-refractivity contribution >= 4 is 33.3 Å². The second-order valence-electron chi connectivity index (χ2n) is 8.25. The second-order valence-corrected chi connectivity index (χ2v) is 10.1. The van der Waals surface area contributed by atoms with Crippen molar-refractivity contribution in [1.29, 1.82) is 0 Å². The largest absolute Gasteiger partial charge is 0.376 e. The SMILES string of the molecule is O=C(CNc1ccccc1)N1CCc2cc(S(=O)(=O)N3C[C@H](c4ccccc4)NC3=O)ccc21. The highest BCUT2D eigenvalue weighted by Gasteiger charge is 2.39. The molecule has 0 saturated carbocycles. The summed E-state index contributed by atoms with van der Waals surface area (Å²) in [4.78, 5) is 27.0. The Bertz CT molecular complexity index is 1330. The van der Waals surface area contributed by atoms with Crippen LogP contribution in [0.1, 0.15) is 17.2 Å². The summed E-state index contributed by atoms with van der Waals surface area (Å²) < 4.78 is 27.4. The van der Waals surface area contributed by atoms with Gasteiger partial charge < -0.3 is 15.5 Å². The number of hydrogen-bond acceptors (Lipinski definition) is 5. The quantitative estimate of drug-likeness (QED) is 0.570. The van der Waals surface area contributed by atoms with Gasteiger partial charge in [-0.15, -0.1) is 0 Å². The number of amides is 3. The second kappa shape index (κ2) is 8.83. The Morgan fingerprint density at radius 1 is 1.00 bits per heavy atom. The van der Waals surface area contributed by atoms with Crippen LogP contribution in [0.5, 0.6) is 0 Å². The number of para-hydroxylation sites is 1. The molecule has 2 heterocycles. The van der Waals surface area contributed by atoms with Gasteiger partial charge in [-0.25, -0.2) is 17.5 Å². The van der Waals surface area contributed by atoms with Gasteiger partial charge in [0, 0.05) is 17.9 Å². The minimum Gasteiger partial charge on any atom is -0.376 e. The van der Waals surface area contributed by atoms with Crippen LogP contribution in [0.15, 0.2) is 83.8 Å². The molecule has 0 aromatic heterocycles. The van der Waals surface area contributed by atoms with E-state index in [1.54, 1.807) is 17.0 Å². The van der Waals surface area contributed by atoms with Gasteiger partial charge in [0.2, 0.25) is 5.91 Å². The first-order valence-corrected chi connectivity index (χ1v) is 12.5. The summed E-state index contributed by atoms with van der Waals surface area (Å²) in [7, 11) is -4.03. The average molecular weight is 477 g/mol. The summed E-state index contributed by atoms with van der Waals surface area (Å²) in [6.45, 7) is 0.644. The molecule has 3 aromatic rings. The maximum Gasteiger partial charge on any atom is 0.331 e. The maximum atomic E-state index is 13.3. The minimum absolute atomic E-state index is 0.0258. The number of anilines is 2. The van der Waals surface area contributed by atoms with Crippen molar-refractivity contribution in [1.82, 2.24) is 9.62 Å². The van der Waals surface area contributed by atoms with E-state index in [0.717, 1.165) is 21.1 Å². The van der Waals surface area contributed by atoms with Crippen LogP contribution in [0.2, 0.25) is 0 Å². The van der Waals surface area contributed by atoms with E-state index < -0.39 is 22.1 Å². The zero-order valence-corrected chi connectivity index (χ0v) is 19.2. The van der Waals surface area contributed by atoms with E-state index in [9.17, 15) is 18.0 Å². The van der Waals surface area contributed by atoms with Gasteiger partial charge in [-0.3, -0.25) is 4.79 Å². The van der Waals surface area contributed by atoms with Crippen molar-refractivity contribution in [2.75, 3.05) is 29.9 Å². The van der Waals surface area contributed by atoms with Crippen molar-refractivity contribution in [2.24, 2.45) is 0 Å². The molecular weight excluding hydrogens is 452 g/mol. The molecule has 8 nitrogen and oxygen atoms in total. The number of hydrogen-bond donors (Lipinski definition) is 2. The summed E-state index contributed by atoms with van der Waals surface area (Å²) in [5.74, 6) is -0.0946. The molecule has 1 fully saturated rings. The Morgan fingerprint density at radius 2 is 1.71 bits per heavy atom. The molecule has 1 atom stereocenters. The molecule has 3 amide bonds. The molecule has 3 aromatic carbocycles.